The van der Waals surface area contributed by atoms with Gasteiger partial charge in [-0.3, -0.25) is 0 Å². The summed E-state index contributed by atoms with van der Waals surface area (Å²) < 4.78 is 38.2. The molecular weight excluding hydrogens is 215 g/mol. The standard InChI is InChI=1S/C7H8F3N3O2/c8-4-1-12-3-13(4)2-7(11,5(9)10)6(14)15/h1,3,5H,2,11H2,(H,14,15). The lowest BCUT2D eigenvalue weighted by Crippen LogP contribution is -2.57. The summed E-state index contributed by atoms with van der Waals surface area (Å²) in [7, 11) is 0. The van der Waals surface area contributed by atoms with Gasteiger partial charge in [0.2, 0.25) is 5.95 Å². The number of nitrogens with zero attached hydrogens (tertiary/aromatic N) is 2. The normalized spacial score (nSPS) is 15.3. The Balaban J connectivity index is 2.95. The van der Waals surface area contributed by atoms with Crippen LogP contribution in [0.5, 0.6) is 0 Å². The van der Waals surface area contributed by atoms with Crippen LogP contribution in [0.3, 0.4) is 0 Å². The van der Waals surface area contributed by atoms with Crippen molar-refractivity contribution in [2.75, 3.05) is 0 Å². The first kappa shape index (κ1) is 11.5. The predicted molar refractivity (Wildman–Crippen MR) is 42.7 cm³/mol. The van der Waals surface area contributed by atoms with Crippen LogP contribution in [0.15, 0.2) is 12.5 Å². The van der Waals surface area contributed by atoms with Gasteiger partial charge in [-0.15, -0.1) is 0 Å². The molecule has 0 radical (unpaired) electrons. The van der Waals surface area contributed by atoms with Crippen molar-refractivity contribution in [3.63, 3.8) is 0 Å². The highest BCUT2D eigenvalue weighted by atomic mass is 19.3. The highest BCUT2D eigenvalue weighted by Gasteiger charge is 2.44. The van der Waals surface area contributed by atoms with Crippen molar-refractivity contribution in [1.29, 1.82) is 0 Å². The molecular formula is C7H8F3N3O2. The molecule has 1 unspecified atom stereocenters. The number of carboxylic acid groups (broad SMARTS) is 1. The number of imidazole rings is 1. The summed E-state index contributed by atoms with van der Waals surface area (Å²) in [5.41, 5.74) is 2.16. The Morgan fingerprint density at radius 1 is 1.73 bits per heavy atom. The molecule has 0 saturated carbocycles. The summed E-state index contributed by atoms with van der Waals surface area (Å²) in [6, 6.07) is 0. The third-order valence-electron chi connectivity index (χ3n) is 1.88. The van der Waals surface area contributed by atoms with Crippen LogP contribution >= 0.6 is 0 Å². The number of halogens is 3. The molecule has 1 aromatic rings. The van der Waals surface area contributed by atoms with E-state index >= 15 is 0 Å². The number of rotatable bonds is 4. The van der Waals surface area contributed by atoms with E-state index in [2.05, 4.69) is 4.98 Å². The molecule has 0 aromatic carbocycles. The predicted octanol–water partition coefficient (Wildman–Crippen LogP) is 0.0694. The van der Waals surface area contributed by atoms with Gasteiger partial charge in [-0.2, -0.15) is 4.39 Å². The first-order chi connectivity index (χ1) is 6.88. The molecule has 0 aliphatic carbocycles. The molecule has 0 fully saturated rings. The average molecular weight is 223 g/mol. The van der Waals surface area contributed by atoms with Crippen molar-refractivity contribution in [2.24, 2.45) is 5.73 Å². The molecule has 0 aliphatic rings. The number of carbonyl (C=O) groups is 1. The maximum absolute atomic E-state index is 12.8. The number of aromatic nitrogens is 2. The van der Waals surface area contributed by atoms with Crippen molar-refractivity contribution in [2.45, 2.75) is 18.5 Å². The fourth-order valence-corrected chi connectivity index (χ4v) is 0.933. The van der Waals surface area contributed by atoms with Crippen LogP contribution in [0.25, 0.3) is 0 Å². The topological polar surface area (TPSA) is 81.1 Å². The van der Waals surface area contributed by atoms with E-state index in [1.807, 2.05) is 0 Å². The minimum Gasteiger partial charge on any atom is -0.480 e. The largest absolute Gasteiger partial charge is 0.480 e. The van der Waals surface area contributed by atoms with Gasteiger partial charge in [0, 0.05) is 0 Å². The van der Waals surface area contributed by atoms with Gasteiger partial charge in [0.1, 0.15) is 0 Å². The van der Waals surface area contributed by atoms with Crippen LogP contribution in [0.2, 0.25) is 0 Å². The lowest BCUT2D eigenvalue weighted by molar-refractivity contribution is -0.150. The van der Waals surface area contributed by atoms with Gasteiger partial charge in [0.05, 0.1) is 19.1 Å². The van der Waals surface area contributed by atoms with E-state index in [1.54, 1.807) is 0 Å². The minimum atomic E-state index is -3.31. The van der Waals surface area contributed by atoms with E-state index in [0.717, 1.165) is 12.5 Å². The van der Waals surface area contributed by atoms with Crippen LogP contribution in [0.4, 0.5) is 13.2 Å². The fourth-order valence-electron chi connectivity index (χ4n) is 0.933. The number of aliphatic carboxylic acids is 1. The van der Waals surface area contributed by atoms with Crippen LogP contribution in [0.1, 0.15) is 0 Å². The first-order valence-corrected chi connectivity index (χ1v) is 3.84. The van der Waals surface area contributed by atoms with Crippen LogP contribution < -0.4 is 5.73 Å². The Hall–Kier alpha value is -1.57. The summed E-state index contributed by atoms with van der Waals surface area (Å²) in [6.45, 7) is -0.883. The van der Waals surface area contributed by atoms with Gasteiger partial charge >= 0.3 is 5.97 Å². The van der Waals surface area contributed by atoms with E-state index in [0.29, 0.717) is 4.57 Å². The molecule has 1 rings (SSSR count). The summed E-state index contributed by atoms with van der Waals surface area (Å²) >= 11 is 0. The molecule has 0 aliphatic heterocycles. The summed E-state index contributed by atoms with van der Waals surface area (Å²) in [5.74, 6) is -2.82. The Morgan fingerprint density at radius 3 is 2.67 bits per heavy atom. The lowest BCUT2D eigenvalue weighted by atomic mass is 10.0. The third-order valence-corrected chi connectivity index (χ3v) is 1.88. The Morgan fingerprint density at radius 2 is 2.33 bits per heavy atom. The molecule has 1 aromatic heterocycles. The monoisotopic (exact) mass is 223 g/mol. The quantitative estimate of drug-likeness (QED) is 0.756. The molecule has 1 heterocycles. The van der Waals surface area contributed by atoms with Crippen molar-refractivity contribution in [1.82, 2.24) is 9.55 Å². The summed E-state index contributed by atoms with van der Waals surface area (Å²) in [5, 5.41) is 8.53. The Kier molecular flexibility index (Phi) is 2.98. The number of hydrogen-bond acceptors (Lipinski definition) is 3. The highest BCUT2D eigenvalue weighted by Crippen LogP contribution is 2.16. The molecule has 5 nitrogen and oxygen atoms in total. The van der Waals surface area contributed by atoms with Crippen molar-refractivity contribution in [3.8, 4) is 0 Å². The Labute approximate surface area is 82.3 Å². The average Bonchev–Trinajstić information content (AvgIpc) is 2.51. The van der Waals surface area contributed by atoms with E-state index in [4.69, 9.17) is 10.8 Å². The van der Waals surface area contributed by atoms with Crippen molar-refractivity contribution in [3.05, 3.63) is 18.5 Å². The van der Waals surface area contributed by atoms with Crippen LogP contribution in [-0.2, 0) is 11.3 Å². The second-order valence-electron chi connectivity index (χ2n) is 2.99. The molecule has 0 saturated heterocycles. The van der Waals surface area contributed by atoms with Crippen molar-refractivity contribution >= 4 is 5.97 Å². The molecule has 0 bridgehead atoms. The summed E-state index contributed by atoms with van der Waals surface area (Å²) in [6.07, 6.45) is -1.65. The Bertz CT molecular complexity index is 368. The number of nitrogens with two attached hydrogens (primary N) is 1. The first-order valence-electron chi connectivity index (χ1n) is 3.84. The van der Waals surface area contributed by atoms with Gasteiger partial charge in [-0.25, -0.2) is 18.6 Å². The molecule has 8 heteroatoms. The second-order valence-corrected chi connectivity index (χ2v) is 2.99. The zero-order chi connectivity index (χ0) is 11.6. The maximum atomic E-state index is 12.8. The van der Waals surface area contributed by atoms with Gasteiger partial charge in [0.25, 0.3) is 6.43 Å². The molecule has 1 atom stereocenters. The zero-order valence-electron chi connectivity index (χ0n) is 7.40. The van der Waals surface area contributed by atoms with Crippen LogP contribution in [-0.4, -0.2) is 32.6 Å². The highest BCUT2D eigenvalue weighted by molar-refractivity contribution is 5.79. The minimum absolute atomic E-state index is 0.611. The fraction of sp³-hybridized carbons (Fsp3) is 0.429. The smallest absolute Gasteiger partial charge is 0.331 e. The van der Waals surface area contributed by atoms with Gasteiger partial charge in [0.15, 0.2) is 5.54 Å². The molecule has 84 valence electrons. The van der Waals surface area contributed by atoms with Crippen LogP contribution in [0, 0.1) is 5.95 Å². The number of alkyl halides is 2. The molecule has 15 heavy (non-hydrogen) atoms. The zero-order valence-corrected chi connectivity index (χ0v) is 7.40. The number of carboxylic acids is 1. The third kappa shape index (κ3) is 2.09. The molecule has 0 spiro atoms. The van der Waals surface area contributed by atoms with Gasteiger partial charge in [-0.1, -0.05) is 0 Å². The van der Waals surface area contributed by atoms with Gasteiger partial charge < -0.3 is 15.4 Å². The van der Waals surface area contributed by atoms with E-state index < -0.39 is 30.4 Å². The maximum Gasteiger partial charge on any atom is 0.331 e. The SMILES string of the molecule is NC(Cn1cncc1F)(C(=O)O)C(F)F. The van der Waals surface area contributed by atoms with Crippen molar-refractivity contribution < 1.29 is 23.1 Å². The lowest BCUT2D eigenvalue weighted by Gasteiger charge is -2.23. The number of hydrogen-bond donors (Lipinski definition) is 2. The summed E-state index contributed by atoms with van der Waals surface area (Å²) in [4.78, 5) is 13.9. The van der Waals surface area contributed by atoms with E-state index in [9.17, 15) is 18.0 Å². The van der Waals surface area contributed by atoms with E-state index in [1.165, 1.54) is 0 Å². The van der Waals surface area contributed by atoms with Gasteiger partial charge in [-0.05, 0) is 0 Å². The molecule has 3 N–H and O–H groups in total. The van der Waals surface area contributed by atoms with E-state index in [-0.39, 0.29) is 0 Å². The second kappa shape index (κ2) is 3.89. The molecule has 0 amide bonds.